The highest BCUT2D eigenvalue weighted by molar-refractivity contribution is 5.77. The summed E-state index contributed by atoms with van der Waals surface area (Å²) in [4.78, 5) is 23.5. The molecule has 0 N–H and O–H groups in total. The predicted octanol–water partition coefficient (Wildman–Crippen LogP) is 3.83. The number of carbonyl (C=O) groups excluding carboxylic acids is 1. The maximum Gasteiger partial charge on any atom is 0.249 e. The summed E-state index contributed by atoms with van der Waals surface area (Å²) in [5.74, 6) is 1.95. The molecule has 1 amide bonds. The number of methoxy groups -OCH3 is 1. The van der Waals surface area contributed by atoms with Crippen LogP contribution in [0.2, 0.25) is 0 Å². The molecule has 0 aliphatic carbocycles. The molecule has 3 aromatic rings. The zero-order valence-corrected chi connectivity index (χ0v) is 16.5. The zero-order valence-electron chi connectivity index (χ0n) is 16.5. The Balaban J connectivity index is 1.46. The number of likely N-dealkylation sites (tertiary alicyclic amines) is 1. The maximum atomic E-state index is 13.0. The lowest BCUT2D eigenvalue weighted by Gasteiger charge is -2.33. The number of ether oxygens (including phenoxy) is 1. The van der Waals surface area contributed by atoms with Gasteiger partial charge in [0, 0.05) is 30.9 Å². The Morgan fingerprint density at radius 1 is 1.24 bits per heavy atom. The van der Waals surface area contributed by atoms with Crippen LogP contribution in [-0.4, -0.2) is 39.6 Å². The number of benzene rings is 1. The van der Waals surface area contributed by atoms with Crippen molar-refractivity contribution in [2.24, 2.45) is 0 Å². The first kappa shape index (κ1) is 19.1. The largest absolute Gasteiger partial charge is 0.497 e. The first-order valence-corrected chi connectivity index (χ1v) is 9.91. The smallest absolute Gasteiger partial charge is 0.249 e. The summed E-state index contributed by atoms with van der Waals surface area (Å²) in [6, 6.07) is 11.4. The summed E-state index contributed by atoms with van der Waals surface area (Å²) < 4.78 is 10.8. The molecule has 1 fully saturated rings. The molecule has 150 valence electrons. The zero-order chi connectivity index (χ0) is 20.1. The normalized spacial score (nSPS) is 16.6. The Morgan fingerprint density at radius 2 is 2.10 bits per heavy atom. The van der Waals surface area contributed by atoms with Crippen molar-refractivity contribution < 1.29 is 14.1 Å². The summed E-state index contributed by atoms with van der Waals surface area (Å²) in [6.45, 7) is 0.717. The molecular weight excluding hydrogens is 368 g/mol. The molecule has 1 atom stereocenters. The van der Waals surface area contributed by atoms with E-state index in [1.54, 1.807) is 19.5 Å². The fraction of sp³-hybridized carbons (Fsp3) is 0.364. The number of piperidine rings is 1. The van der Waals surface area contributed by atoms with Crippen LogP contribution in [0.4, 0.5) is 0 Å². The van der Waals surface area contributed by atoms with E-state index >= 15 is 0 Å². The lowest BCUT2D eigenvalue weighted by Crippen LogP contribution is -2.38. The Bertz CT molecular complexity index is 957. The molecule has 4 rings (SSSR count). The van der Waals surface area contributed by atoms with Crippen molar-refractivity contribution in [3.8, 4) is 17.1 Å². The monoisotopic (exact) mass is 392 g/mol. The van der Waals surface area contributed by atoms with Crippen molar-refractivity contribution in [2.45, 2.75) is 38.1 Å². The van der Waals surface area contributed by atoms with E-state index in [2.05, 4.69) is 15.1 Å². The lowest BCUT2D eigenvalue weighted by atomic mass is 10.0. The van der Waals surface area contributed by atoms with Crippen molar-refractivity contribution in [2.75, 3.05) is 13.7 Å². The molecule has 0 spiro atoms. The second-order valence-corrected chi connectivity index (χ2v) is 7.14. The Hall–Kier alpha value is -3.22. The SMILES string of the molecule is COc1cccc(CCC(=O)N2CCCC[C@@H]2c2nc(-c3ccncc3)no2)c1. The highest BCUT2D eigenvalue weighted by Gasteiger charge is 2.32. The minimum Gasteiger partial charge on any atom is -0.497 e. The predicted molar refractivity (Wildman–Crippen MR) is 107 cm³/mol. The number of aryl methyl sites for hydroxylation is 1. The fourth-order valence-corrected chi connectivity index (χ4v) is 3.70. The second-order valence-electron chi connectivity index (χ2n) is 7.14. The fourth-order valence-electron chi connectivity index (χ4n) is 3.70. The third-order valence-electron chi connectivity index (χ3n) is 5.25. The molecule has 0 unspecified atom stereocenters. The number of hydrogen-bond donors (Lipinski definition) is 0. The van der Waals surface area contributed by atoms with Gasteiger partial charge in [0.05, 0.1) is 7.11 Å². The van der Waals surface area contributed by atoms with Crippen molar-refractivity contribution in [1.82, 2.24) is 20.0 Å². The van der Waals surface area contributed by atoms with Crippen LogP contribution < -0.4 is 4.74 Å². The van der Waals surface area contributed by atoms with E-state index in [1.807, 2.05) is 41.3 Å². The molecule has 1 aliphatic rings. The van der Waals surface area contributed by atoms with Gasteiger partial charge in [-0.05, 0) is 55.5 Å². The standard InChI is InChI=1S/C22H24N4O3/c1-28-18-6-4-5-16(15-18)8-9-20(27)26-14-3-2-7-19(26)22-24-21(25-29-22)17-10-12-23-13-11-17/h4-6,10-13,15,19H,2-3,7-9,14H2,1H3/t19-/m1/s1. The van der Waals surface area contributed by atoms with Crippen LogP contribution >= 0.6 is 0 Å². The molecule has 3 heterocycles. The Labute approximate surface area is 169 Å². The van der Waals surface area contributed by atoms with Gasteiger partial charge in [0.1, 0.15) is 11.8 Å². The van der Waals surface area contributed by atoms with E-state index in [0.717, 1.165) is 36.1 Å². The lowest BCUT2D eigenvalue weighted by molar-refractivity contribution is -0.135. The van der Waals surface area contributed by atoms with Gasteiger partial charge >= 0.3 is 0 Å². The van der Waals surface area contributed by atoms with Gasteiger partial charge in [-0.1, -0.05) is 17.3 Å². The first-order chi connectivity index (χ1) is 14.2. The Morgan fingerprint density at radius 3 is 2.93 bits per heavy atom. The molecule has 0 bridgehead atoms. The highest BCUT2D eigenvalue weighted by atomic mass is 16.5. The van der Waals surface area contributed by atoms with E-state index < -0.39 is 0 Å². The van der Waals surface area contributed by atoms with E-state index in [-0.39, 0.29) is 11.9 Å². The number of nitrogens with zero attached hydrogens (tertiary/aromatic N) is 4. The number of rotatable bonds is 6. The van der Waals surface area contributed by atoms with Crippen LogP contribution in [-0.2, 0) is 11.2 Å². The van der Waals surface area contributed by atoms with Gasteiger partial charge in [0.2, 0.25) is 17.6 Å². The number of carbonyl (C=O) groups is 1. The van der Waals surface area contributed by atoms with Crippen LogP contribution in [0.25, 0.3) is 11.4 Å². The Kier molecular flexibility index (Phi) is 5.84. The molecule has 29 heavy (non-hydrogen) atoms. The van der Waals surface area contributed by atoms with E-state index in [9.17, 15) is 4.79 Å². The average Bonchev–Trinajstić information content (AvgIpc) is 3.28. The molecule has 2 aromatic heterocycles. The number of pyridine rings is 1. The van der Waals surface area contributed by atoms with Crippen LogP contribution in [0.15, 0.2) is 53.3 Å². The molecule has 1 aliphatic heterocycles. The van der Waals surface area contributed by atoms with Gasteiger partial charge in [-0.2, -0.15) is 4.98 Å². The van der Waals surface area contributed by atoms with Gasteiger partial charge in [-0.3, -0.25) is 9.78 Å². The third kappa shape index (κ3) is 4.45. The molecule has 1 saturated heterocycles. The molecule has 1 aromatic carbocycles. The number of aromatic nitrogens is 3. The van der Waals surface area contributed by atoms with Gasteiger partial charge in [-0.15, -0.1) is 0 Å². The topological polar surface area (TPSA) is 81.4 Å². The quantitative estimate of drug-likeness (QED) is 0.634. The highest BCUT2D eigenvalue weighted by Crippen LogP contribution is 2.31. The van der Waals surface area contributed by atoms with Crippen LogP contribution in [0.1, 0.15) is 43.2 Å². The van der Waals surface area contributed by atoms with Crippen molar-refractivity contribution in [3.63, 3.8) is 0 Å². The van der Waals surface area contributed by atoms with Crippen molar-refractivity contribution >= 4 is 5.91 Å². The van der Waals surface area contributed by atoms with Gasteiger partial charge < -0.3 is 14.2 Å². The van der Waals surface area contributed by atoms with Crippen molar-refractivity contribution in [1.29, 1.82) is 0 Å². The molecule has 0 radical (unpaired) electrons. The summed E-state index contributed by atoms with van der Waals surface area (Å²) in [5, 5.41) is 4.10. The van der Waals surface area contributed by atoms with Gasteiger partial charge in [0.15, 0.2) is 0 Å². The minimum atomic E-state index is -0.162. The van der Waals surface area contributed by atoms with Gasteiger partial charge in [0.25, 0.3) is 0 Å². The average molecular weight is 392 g/mol. The number of amides is 1. The first-order valence-electron chi connectivity index (χ1n) is 9.91. The summed E-state index contributed by atoms with van der Waals surface area (Å²) in [5.41, 5.74) is 1.94. The molecular formula is C22H24N4O3. The molecule has 7 nitrogen and oxygen atoms in total. The number of hydrogen-bond acceptors (Lipinski definition) is 6. The van der Waals surface area contributed by atoms with Gasteiger partial charge in [-0.25, -0.2) is 0 Å². The molecule has 7 heteroatoms. The van der Waals surface area contributed by atoms with Crippen LogP contribution in [0.3, 0.4) is 0 Å². The van der Waals surface area contributed by atoms with Crippen LogP contribution in [0, 0.1) is 0 Å². The third-order valence-corrected chi connectivity index (χ3v) is 5.25. The van der Waals surface area contributed by atoms with E-state index in [1.165, 1.54) is 0 Å². The van der Waals surface area contributed by atoms with E-state index in [0.29, 0.717) is 31.1 Å². The van der Waals surface area contributed by atoms with E-state index in [4.69, 9.17) is 9.26 Å². The minimum absolute atomic E-state index is 0.112. The van der Waals surface area contributed by atoms with Crippen molar-refractivity contribution in [3.05, 3.63) is 60.2 Å². The summed E-state index contributed by atoms with van der Waals surface area (Å²) in [7, 11) is 1.65. The molecule has 0 saturated carbocycles. The summed E-state index contributed by atoms with van der Waals surface area (Å²) >= 11 is 0. The second kappa shape index (κ2) is 8.86. The summed E-state index contributed by atoms with van der Waals surface area (Å²) in [6.07, 6.45) is 7.37. The van der Waals surface area contributed by atoms with Crippen LogP contribution in [0.5, 0.6) is 5.75 Å². The maximum absolute atomic E-state index is 13.0.